The molecule has 2 fully saturated rings. The molecule has 4 rings (SSSR count). The molecule has 0 saturated carbocycles. The van der Waals surface area contributed by atoms with Gasteiger partial charge in [0.2, 0.25) is 11.8 Å². The molecule has 1 aromatic rings. The number of likely N-dealkylation sites (tertiary alicyclic amines) is 2. The van der Waals surface area contributed by atoms with E-state index >= 15 is 0 Å². The van der Waals surface area contributed by atoms with E-state index in [2.05, 4.69) is 55.3 Å². The maximum Gasteiger partial charge on any atom is 0.225 e. The molecule has 1 aromatic carbocycles. The van der Waals surface area contributed by atoms with E-state index in [1.807, 2.05) is 4.90 Å². The Balaban J connectivity index is 1.42. The van der Waals surface area contributed by atoms with Crippen molar-refractivity contribution >= 4 is 11.8 Å². The van der Waals surface area contributed by atoms with Crippen LogP contribution in [0.2, 0.25) is 0 Å². The molecule has 182 valence electrons. The summed E-state index contributed by atoms with van der Waals surface area (Å²) in [5.41, 5.74) is 3.43. The van der Waals surface area contributed by atoms with Gasteiger partial charge in [0, 0.05) is 20.0 Å². The van der Waals surface area contributed by atoms with Crippen LogP contribution in [0.3, 0.4) is 0 Å². The van der Waals surface area contributed by atoms with Crippen molar-refractivity contribution in [3.8, 4) is 0 Å². The fraction of sp³-hybridized carbons (Fsp3) is 0.714. The lowest BCUT2D eigenvalue weighted by atomic mass is 9.63. The molecular formula is C28H43N3O2. The van der Waals surface area contributed by atoms with Gasteiger partial charge in [-0.05, 0) is 86.5 Å². The topological polar surface area (TPSA) is 52.7 Å². The lowest BCUT2D eigenvalue weighted by Gasteiger charge is -2.47. The third kappa shape index (κ3) is 5.62. The third-order valence-electron chi connectivity index (χ3n) is 8.36. The van der Waals surface area contributed by atoms with Gasteiger partial charge in [0.25, 0.3) is 0 Å². The molecule has 0 aromatic heterocycles. The molecule has 2 aliphatic heterocycles. The summed E-state index contributed by atoms with van der Waals surface area (Å²) in [6.07, 6.45) is 7.61. The molecule has 1 spiro atoms. The lowest BCUT2D eigenvalue weighted by molar-refractivity contribution is -0.134. The summed E-state index contributed by atoms with van der Waals surface area (Å²) in [5.74, 6) is 0.108. The van der Waals surface area contributed by atoms with Gasteiger partial charge in [-0.3, -0.25) is 9.59 Å². The molecule has 0 radical (unpaired) electrons. The largest absolute Gasteiger partial charge is 0.349 e. The second kappa shape index (κ2) is 9.77. The average Bonchev–Trinajstić information content (AvgIpc) is 2.80. The van der Waals surface area contributed by atoms with Crippen LogP contribution in [0.25, 0.3) is 0 Å². The van der Waals surface area contributed by atoms with Gasteiger partial charge < -0.3 is 15.1 Å². The minimum absolute atomic E-state index is 0.0753. The van der Waals surface area contributed by atoms with Gasteiger partial charge in [-0.15, -0.1) is 0 Å². The van der Waals surface area contributed by atoms with E-state index in [-0.39, 0.29) is 29.2 Å². The van der Waals surface area contributed by atoms with E-state index in [0.717, 1.165) is 32.2 Å². The predicted molar refractivity (Wildman–Crippen MR) is 133 cm³/mol. The van der Waals surface area contributed by atoms with Gasteiger partial charge in [-0.2, -0.15) is 0 Å². The second-order valence-electron chi connectivity index (χ2n) is 11.9. The van der Waals surface area contributed by atoms with Crippen LogP contribution in [0.1, 0.15) is 89.8 Å². The van der Waals surface area contributed by atoms with E-state index in [1.54, 1.807) is 6.92 Å². The van der Waals surface area contributed by atoms with E-state index in [0.29, 0.717) is 12.0 Å². The van der Waals surface area contributed by atoms with Crippen molar-refractivity contribution in [3.05, 3.63) is 35.4 Å². The van der Waals surface area contributed by atoms with Crippen LogP contribution in [-0.2, 0) is 15.0 Å². The highest BCUT2D eigenvalue weighted by atomic mass is 16.2. The third-order valence-corrected chi connectivity index (χ3v) is 8.36. The van der Waals surface area contributed by atoms with Crippen molar-refractivity contribution in [1.29, 1.82) is 0 Å². The maximum atomic E-state index is 13.2. The number of benzene rings is 1. The molecule has 5 nitrogen and oxygen atoms in total. The number of carbonyl (C=O) groups is 2. The van der Waals surface area contributed by atoms with Crippen molar-refractivity contribution in [3.63, 3.8) is 0 Å². The second-order valence-corrected chi connectivity index (χ2v) is 11.9. The Morgan fingerprint density at radius 1 is 1.06 bits per heavy atom. The number of hydrogen-bond donors (Lipinski definition) is 1. The standard InChI is InChI=1S/C28H43N3O2/c1-21(32)31-16-7-8-22(20-31)26(33)29-25-11-12-28(24-10-6-5-9-23(24)25)14-18-30(19-15-28)17-13-27(2,3)4/h5-6,9-10,22,25H,7-8,11-20H2,1-4H3,(H,29,33)/t22?,25-/m0/s1. The Hall–Kier alpha value is -1.88. The Morgan fingerprint density at radius 3 is 2.48 bits per heavy atom. The molecule has 0 bridgehead atoms. The molecule has 33 heavy (non-hydrogen) atoms. The van der Waals surface area contributed by atoms with Crippen LogP contribution < -0.4 is 5.32 Å². The monoisotopic (exact) mass is 453 g/mol. The summed E-state index contributed by atoms with van der Waals surface area (Å²) in [6, 6.07) is 8.92. The van der Waals surface area contributed by atoms with Crippen LogP contribution >= 0.6 is 0 Å². The molecule has 1 N–H and O–H groups in total. The van der Waals surface area contributed by atoms with E-state index in [9.17, 15) is 9.59 Å². The van der Waals surface area contributed by atoms with Gasteiger partial charge in [0.1, 0.15) is 0 Å². The first-order valence-electron chi connectivity index (χ1n) is 13.0. The predicted octanol–water partition coefficient (Wildman–Crippen LogP) is 4.67. The van der Waals surface area contributed by atoms with Crippen LogP contribution in [0, 0.1) is 11.3 Å². The van der Waals surface area contributed by atoms with Crippen molar-refractivity contribution in [1.82, 2.24) is 15.1 Å². The zero-order valence-electron chi connectivity index (χ0n) is 21.2. The fourth-order valence-corrected chi connectivity index (χ4v) is 6.13. The number of rotatable bonds is 4. The SMILES string of the molecule is CC(=O)N1CCCC(C(=O)N[C@H]2CCC3(CCN(CCC(C)(C)C)CC3)c3ccccc32)C1. The summed E-state index contributed by atoms with van der Waals surface area (Å²) in [7, 11) is 0. The van der Waals surface area contributed by atoms with Gasteiger partial charge >= 0.3 is 0 Å². The molecule has 1 aliphatic carbocycles. The van der Waals surface area contributed by atoms with Crippen molar-refractivity contribution in [2.24, 2.45) is 11.3 Å². The highest BCUT2D eigenvalue weighted by Gasteiger charge is 2.42. The summed E-state index contributed by atoms with van der Waals surface area (Å²) in [6.45, 7) is 13.5. The molecular weight excluding hydrogens is 410 g/mol. The minimum Gasteiger partial charge on any atom is -0.349 e. The highest BCUT2D eigenvalue weighted by Crippen LogP contribution is 2.48. The first kappa shape index (κ1) is 24.3. The molecule has 1 unspecified atom stereocenters. The minimum atomic E-state index is -0.0863. The normalized spacial score (nSPS) is 25.5. The van der Waals surface area contributed by atoms with Crippen molar-refractivity contribution < 1.29 is 9.59 Å². The zero-order chi connectivity index (χ0) is 23.6. The molecule has 2 amide bonds. The average molecular weight is 454 g/mol. The molecule has 2 atom stereocenters. The number of nitrogens with one attached hydrogen (secondary N) is 1. The van der Waals surface area contributed by atoms with Crippen molar-refractivity contribution in [2.75, 3.05) is 32.7 Å². The maximum absolute atomic E-state index is 13.2. The van der Waals surface area contributed by atoms with Gasteiger partial charge in [0.15, 0.2) is 0 Å². The number of piperidine rings is 2. The molecule has 2 heterocycles. The van der Waals surface area contributed by atoms with Gasteiger partial charge in [-0.25, -0.2) is 0 Å². The molecule has 5 heteroatoms. The fourth-order valence-electron chi connectivity index (χ4n) is 6.13. The smallest absolute Gasteiger partial charge is 0.225 e. The molecule has 2 saturated heterocycles. The summed E-state index contributed by atoms with van der Waals surface area (Å²) in [4.78, 5) is 29.4. The summed E-state index contributed by atoms with van der Waals surface area (Å²) in [5, 5.41) is 3.38. The Bertz CT molecular complexity index is 851. The van der Waals surface area contributed by atoms with Crippen molar-refractivity contribution in [2.45, 2.75) is 84.1 Å². The number of amides is 2. The zero-order valence-corrected chi connectivity index (χ0v) is 21.2. The van der Waals surface area contributed by atoms with E-state index < -0.39 is 0 Å². The van der Waals surface area contributed by atoms with Crippen LogP contribution in [-0.4, -0.2) is 54.3 Å². The Morgan fingerprint density at radius 2 is 1.79 bits per heavy atom. The summed E-state index contributed by atoms with van der Waals surface area (Å²) < 4.78 is 0. The van der Waals surface area contributed by atoms with Gasteiger partial charge in [-0.1, -0.05) is 45.0 Å². The van der Waals surface area contributed by atoms with Crippen LogP contribution in [0.4, 0.5) is 0 Å². The first-order chi connectivity index (χ1) is 15.7. The number of carbonyl (C=O) groups excluding carboxylic acids is 2. The van der Waals surface area contributed by atoms with Crippen LogP contribution in [0.5, 0.6) is 0 Å². The quantitative estimate of drug-likeness (QED) is 0.721. The molecule has 3 aliphatic rings. The van der Waals surface area contributed by atoms with E-state index in [4.69, 9.17) is 0 Å². The van der Waals surface area contributed by atoms with E-state index in [1.165, 1.54) is 50.0 Å². The number of fused-ring (bicyclic) bond motifs is 2. The van der Waals surface area contributed by atoms with Crippen LogP contribution in [0.15, 0.2) is 24.3 Å². The van der Waals surface area contributed by atoms with Gasteiger partial charge in [0.05, 0.1) is 12.0 Å². The Labute approximate surface area is 200 Å². The first-order valence-corrected chi connectivity index (χ1v) is 13.0. The lowest BCUT2D eigenvalue weighted by Crippen LogP contribution is -2.48. The summed E-state index contributed by atoms with van der Waals surface area (Å²) >= 11 is 0. The Kier molecular flexibility index (Phi) is 7.18. The number of nitrogens with zero attached hydrogens (tertiary/aromatic N) is 2. The highest BCUT2D eigenvalue weighted by molar-refractivity contribution is 5.81. The number of hydrogen-bond acceptors (Lipinski definition) is 3.